The molecule has 3 amide bonds. The summed E-state index contributed by atoms with van der Waals surface area (Å²) in [6, 6.07) is 8.46. The molecule has 1 aromatic rings. The van der Waals surface area contributed by atoms with Crippen molar-refractivity contribution >= 4 is 23.4 Å². The summed E-state index contributed by atoms with van der Waals surface area (Å²) in [5.74, 6) is -0.528. The zero-order chi connectivity index (χ0) is 19.2. The number of amides is 3. The van der Waals surface area contributed by atoms with Crippen molar-refractivity contribution in [2.24, 2.45) is 0 Å². The first kappa shape index (κ1) is 19.5. The Balaban J connectivity index is 1.55. The molecule has 3 rings (SSSR count). The predicted molar refractivity (Wildman–Crippen MR) is 104 cm³/mol. The number of imide groups is 1. The van der Waals surface area contributed by atoms with E-state index in [9.17, 15) is 14.4 Å². The maximum Gasteiger partial charge on any atom is 0.229 e. The van der Waals surface area contributed by atoms with Gasteiger partial charge in [0.25, 0.3) is 0 Å². The van der Waals surface area contributed by atoms with Gasteiger partial charge < -0.3 is 5.32 Å². The second kappa shape index (κ2) is 9.13. The zero-order valence-corrected chi connectivity index (χ0v) is 16.1. The fourth-order valence-corrected chi connectivity index (χ4v) is 4.00. The van der Waals surface area contributed by atoms with Gasteiger partial charge in [-0.1, -0.05) is 37.5 Å². The van der Waals surface area contributed by atoms with E-state index >= 15 is 0 Å². The molecule has 1 aromatic carbocycles. The lowest BCUT2D eigenvalue weighted by Crippen LogP contribution is -2.33. The van der Waals surface area contributed by atoms with Crippen molar-refractivity contribution in [3.8, 4) is 0 Å². The highest BCUT2D eigenvalue weighted by Crippen LogP contribution is 2.25. The van der Waals surface area contributed by atoms with E-state index < -0.39 is 0 Å². The Morgan fingerprint density at radius 2 is 1.78 bits per heavy atom. The molecule has 2 aliphatic rings. The number of likely N-dealkylation sites (tertiary alicyclic amines) is 1. The van der Waals surface area contributed by atoms with Gasteiger partial charge in [-0.05, 0) is 31.5 Å². The number of nitrogens with one attached hydrogen (secondary N) is 1. The first-order valence-corrected chi connectivity index (χ1v) is 9.96. The summed E-state index contributed by atoms with van der Waals surface area (Å²) in [6.45, 7) is 0.956. The summed E-state index contributed by atoms with van der Waals surface area (Å²) in [5, 5.41) is 2.96. The van der Waals surface area contributed by atoms with E-state index in [1.54, 1.807) is 0 Å². The number of nitrogens with zero attached hydrogens (tertiary/aromatic N) is 2. The van der Waals surface area contributed by atoms with Crippen molar-refractivity contribution in [3.63, 3.8) is 0 Å². The Hall–Kier alpha value is -2.21. The molecule has 2 fully saturated rings. The molecule has 0 radical (unpaired) electrons. The zero-order valence-electron chi connectivity index (χ0n) is 16.1. The third kappa shape index (κ3) is 5.16. The smallest absolute Gasteiger partial charge is 0.229 e. The predicted octanol–water partition coefficient (Wildman–Crippen LogP) is 2.93. The molecule has 0 unspecified atom stereocenters. The van der Waals surface area contributed by atoms with Gasteiger partial charge >= 0.3 is 0 Å². The fraction of sp³-hybridized carbons (Fsp3) is 0.571. The molecule has 0 bridgehead atoms. The van der Waals surface area contributed by atoms with Gasteiger partial charge in [0.2, 0.25) is 17.7 Å². The summed E-state index contributed by atoms with van der Waals surface area (Å²) in [4.78, 5) is 39.2. The molecule has 1 saturated carbocycles. The number of carbonyl (C=O) groups excluding carboxylic acids is 3. The van der Waals surface area contributed by atoms with E-state index in [1.807, 2.05) is 24.3 Å². The normalized spacial score (nSPS) is 18.4. The summed E-state index contributed by atoms with van der Waals surface area (Å²) in [6.07, 6.45) is 7.05. The van der Waals surface area contributed by atoms with Crippen LogP contribution in [0.3, 0.4) is 0 Å². The molecule has 1 aliphatic carbocycles. The van der Waals surface area contributed by atoms with Crippen LogP contribution in [0.1, 0.15) is 56.9 Å². The molecular formula is C21H29N3O3. The average molecular weight is 371 g/mol. The monoisotopic (exact) mass is 371 g/mol. The quantitative estimate of drug-likeness (QED) is 0.748. The van der Waals surface area contributed by atoms with Crippen LogP contribution in [0, 0.1) is 0 Å². The second-order valence-electron chi connectivity index (χ2n) is 7.60. The Bertz CT molecular complexity index is 682. The molecule has 0 aromatic heterocycles. The van der Waals surface area contributed by atoms with Crippen LogP contribution in [0.15, 0.2) is 24.3 Å². The van der Waals surface area contributed by atoms with Gasteiger partial charge in [-0.3, -0.25) is 24.2 Å². The third-order valence-electron chi connectivity index (χ3n) is 5.63. The van der Waals surface area contributed by atoms with E-state index in [2.05, 4.69) is 17.3 Å². The first-order valence-electron chi connectivity index (χ1n) is 9.96. The van der Waals surface area contributed by atoms with Gasteiger partial charge in [0.05, 0.1) is 0 Å². The van der Waals surface area contributed by atoms with Crippen LogP contribution in [0.4, 0.5) is 5.69 Å². The molecule has 6 heteroatoms. The first-order chi connectivity index (χ1) is 13.0. The number of rotatable bonds is 7. The second-order valence-corrected chi connectivity index (χ2v) is 7.60. The van der Waals surface area contributed by atoms with Gasteiger partial charge in [0.1, 0.15) is 0 Å². The lowest BCUT2D eigenvalue weighted by molar-refractivity contribution is -0.138. The minimum absolute atomic E-state index is 0.129. The van der Waals surface area contributed by atoms with Crippen molar-refractivity contribution in [2.75, 3.05) is 18.9 Å². The standard InChI is InChI=1S/C21H29N3O3/c1-23(17-8-3-2-4-9-17)15-16-7-5-6-10-18(16)22-19(25)13-14-24-20(26)11-12-21(24)27/h5-7,10,17H,2-4,8-9,11-15H2,1H3,(H,22,25). The number of benzene rings is 1. The Kier molecular flexibility index (Phi) is 6.61. The van der Waals surface area contributed by atoms with E-state index in [0.717, 1.165) is 17.8 Å². The van der Waals surface area contributed by atoms with Crippen LogP contribution < -0.4 is 5.32 Å². The molecule has 0 spiro atoms. The number of anilines is 1. The van der Waals surface area contributed by atoms with E-state index in [-0.39, 0.29) is 43.5 Å². The molecular weight excluding hydrogens is 342 g/mol. The SMILES string of the molecule is CN(Cc1ccccc1NC(=O)CCN1C(=O)CCC1=O)C1CCCCC1. The van der Waals surface area contributed by atoms with Crippen molar-refractivity contribution in [3.05, 3.63) is 29.8 Å². The number of hydrogen-bond acceptors (Lipinski definition) is 4. The number of carbonyl (C=O) groups is 3. The van der Waals surface area contributed by atoms with Gasteiger partial charge in [0, 0.05) is 44.1 Å². The van der Waals surface area contributed by atoms with Gasteiger partial charge in [-0.2, -0.15) is 0 Å². The van der Waals surface area contributed by atoms with Crippen LogP contribution in [0.2, 0.25) is 0 Å². The van der Waals surface area contributed by atoms with Crippen molar-refractivity contribution in [2.45, 2.75) is 64.0 Å². The highest BCUT2D eigenvalue weighted by atomic mass is 16.2. The fourth-order valence-electron chi connectivity index (χ4n) is 4.00. The molecule has 146 valence electrons. The molecule has 1 saturated heterocycles. The molecule has 0 atom stereocenters. The lowest BCUT2D eigenvalue weighted by atomic mass is 9.94. The Morgan fingerprint density at radius 3 is 2.48 bits per heavy atom. The molecule has 6 nitrogen and oxygen atoms in total. The summed E-state index contributed by atoms with van der Waals surface area (Å²) < 4.78 is 0. The minimum Gasteiger partial charge on any atom is -0.326 e. The van der Waals surface area contributed by atoms with Crippen molar-refractivity contribution < 1.29 is 14.4 Å². The Morgan fingerprint density at radius 1 is 1.11 bits per heavy atom. The van der Waals surface area contributed by atoms with Crippen molar-refractivity contribution in [1.82, 2.24) is 9.80 Å². The van der Waals surface area contributed by atoms with Crippen LogP contribution in [-0.2, 0) is 20.9 Å². The van der Waals surface area contributed by atoms with E-state index in [1.165, 1.54) is 37.0 Å². The molecule has 1 N–H and O–H groups in total. The topological polar surface area (TPSA) is 69.7 Å². The average Bonchev–Trinajstić information content (AvgIpc) is 3.00. The van der Waals surface area contributed by atoms with Crippen molar-refractivity contribution in [1.29, 1.82) is 0 Å². The maximum absolute atomic E-state index is 12.3. The van der Waals surface area contributed by atoms with Crippen LogP contribution in [0.25, 0.3) is 0 Å². The number of para-hydroxylation sites is 1. The summed E-state index contributed by atoms with van der Waals surface area (Å²) in [5.41, 5.74) is 1.90. The van der Waals surface area contributed by atoms with Gasteiger partial charge in [-0.15, -0.1) is 0 Å². The highest BCUT2D eigenvalue weighted by molar-refractivity contribution is 6.02. The highest BCUT2D eigenvalue weighted by Gasteiger charge is 2.28. The third-order valence-corrected chi connectivity index (χ3v) is 5.63. The molecule has 1 heterocycles. The number of hydrogen-bond donors (Lipinski definition) is 1. The van der Waals surface area contributed by atoms with Crippen LogP contribution in [0.5, 0.6) is 0 Å². The van der Waals surface area contributed by atoms with Gasteiger partial charge in [0.15, 0.2) is 0 Å². The summed E-state index contributed by atoms with van der Waals surface area (Å²) >= 11 is 0. The van der Waals surface area contributed by atoms with E-state index in [4.69, 9.17) is 0 Å². The maximum atomic E-state index is 12.3. The molecule has 27 heavy (non-hydrogen) atoms. The van der Waals surface area contributed by atoms with Crippen LogP contribution >= 0.6 is 0 Å². The Labute approximate surface area is 160 Å². The van der Waals surface area contributed by atoms with Gasteiger partial charge in [-0.25, -0.2) is 0 Å². The summed E-state index contributed by atoms with van der Waals surface area (Å²) in [7, 11) is 2.15. The van der Waals surface area contributed by atoms with E-state index in [0.29, 0.717) is 6.04 Å². The minimum atomic E-state index is -0.178. The largest absolute Gasteiger partial charge is 0.326 e. The lowest BCUT2D eigenvalue weighted by Gasteiger charge is -2.31. The van der Waals surface area contributed by atoms with Crippen LogP contribution in [-0.4, -0.2) is 47.2 Å². The molecule has 1 aliphatic heterocycles.